The normalized spacial score (nSPS) is 21.4. The maximum atomic E-state index is 12.3. The molecular weight excluding hydrogens is 264 g/mol. The van der Waals surface area contributed by atoms with Crippen LogP contribution in [-0.4, -0.2) is 46.5 Å². The van der Waals surface area contributed by atoms with Gasteiger partial charge in [-0.05, 0) is 31.2 Å². The van der Waals surface area contributed by atoms with Gasteiger partial charge in [0, 0.05) is 32.9 Å². The number of likely N-dealkylation sites (tertiary alicyclic amines) is 1. The van der Waals surface area contributed by atoms with Crippen LogP contribution in [0.4, 0.5) is 0 Å². The fraction of sp³-hybridized carbons (Fsp3) is 0.692. The number of aryl methyl sites for hydroxylation is 1. The van der Waals surface area contributed by atoms with Crippen LogP contribution in [0.25, 0.3) is 0 Å². The van der Waals surface area contributed by atoms with E-state index in [4.69, 9.17) is 0 Å². The van der Waals surface area contributed by atoms with Crippen molar-refractivity contribution in [3.63, 3.8) is 0 Å². The summed E-state index contributed by atoms with van der Waals surface area (Å²) in [6, 6.07) is 0. The number of nitrogens with one attached hydrogen (secondary N) is 1. The summed E-state index contributed by atoms with van der Waals surface area (Å²) in [6.45, 7) is 4.00. The number of carbonyl (C=O) groups is 1. The van der Waals surface area contributed by atoms with E-state index < -0.39 is 0 Å². The highest BCUT2D eigenvalue weighted by Crippen LogP contribution is 2.37. The van der Waals surface area contributed by atoms with E-state index in [0.29, 0.717) is 11.1 Å². The molecule has 1 aromatic heterocycles. The average Bonchev–Trinajstić information content (AvgIpc) is 3.00. The smallest absolute Gasteiger partial charge is 0.274 e. The van der Waals surface area contributed by atoms with Gasteiger partial charge in [-0.15, -0.1) is 12.4 Å². The summed E-state index contributed by atoms with van der Waals surface area (Å²) in [4.78, 5) is 18.3. The first kappa shape index (κ1) is 14.3. The molecule has 1 amide bonds. The molecule has 2 fully saturated rings. The van der Waals surface area contributed by atoms with Crippen molar-refractivity contribution >= 4 is 18.3 Å². The maximum absolute atomic E-state index is 12.3. The summed E-state index contributed by atoms with van der Waals surface area (Å²) in [5, 5.41) is 3.44. The zero-order chi connectivity index (χ0) is 12.6. The second kappa shape index (κ2) is 5.51. The predicted molar refractivity (Wildman–Crippen MR) is 75.5 cm³/mol. The van der Waals surface area contributed by atoms with Crippen LogP contribution < -0.4 is 5.32 Å². The molecule has 6 heteroatoms. The van der Waals surface area contributed by atoms with E-state index >= 15 is 0 Å². The topological polar surface area (TPSA) is 50.2 Å². The standard InChI is InChI=1S/C13H20N4O.ClH/c1-16-8-11(15-10-16)12(18)17-6-3-13(4-7-17)2-5-14-9-13;/h8,10,14H,2-7,9H2,1H3;1H. The van der Waals surface area contributed by atoms with Crippen molar-refractivity contribution in [2.45, 2.75) is 19.3 Å². The fourth-order valence-electron chi connectivity index (χ4n) is 3.09. The molecule has 3 rings (SSSR count). The zero-order valence-corrected chi connectivity index (χ0v) is 12.1. The molecule has 0 atom stereocenters. The quantitative estimate of drug-likeness (QED) is 0.839. The van der Waals surface area contributed by atoms with Crippen LogP contribution in [-0.2, 0) is 7.05 Å². The van der Waals surface area contributed by atoms with E-state index in [1.54, 1.807) is 12.5 Å². The van der Waals surface area contributed by atoms with Crippen LogP contribution in [0.2, 0.25) is 0 Å². The number of piperidine rings is 1. The van der Waals surface area contributed by atoms with Crippen LogP contribution in [0.1, 0.15) is 29.8 Å². The van der Waals surface area contributed by atoms with Crippen LogP contribution in [0.5, 0.6) is 0 Å². The van der Waals surface area contributed by atoms with Gasteiger partial charge < -0.3 is 14.8 Å². The van der Waals surface area contributed by atoms with E-state index in [1.807, 2.05) is 16.5 Å². The number of aromatic nitrogens is 2. The first-order valence-corrected chi connectivity index (χ1v) is 6.67. The lowest BCUT2D eigenvalue weighted by atomic mass is 9.78. The van der Waals surface area contributed by atoms with Crippen molar-refractivity contribution in [3.8, 4) is 0 Å². The Labute approximate surface area is 119 Å². The molecule has 19 heavy (non-hydrogen) atoms. The Balaban J connectivity index is 0.00000133. The Morgan fingerprint density at radius 1 is 1.37 bits per heavy atom. The molecule has 0 aromatic carbocycles. The molecule has 106 valence electrons. The van der Waals surface area contributed by atoms with Gasteiger partial charge >= 0.3 is 0 Å². The zero-order valence-electron chi connectivity index (χ0n) is 11.3. The van der Waals surface area contributed by atoms with Gasteiger partial charge in [-0.1, -0.05) is 0 Å². The lowest BCUT2D eigenvalue weighted by Gasteiger charge is -2.38. The summed E-state index contributed by atoms with van der Waals surface area (Å²) in [5.74, 6) is 0.0800. The monoisotopic (exact) mass is 284 g/mol. The third-order valence-corrected chi connectivity index (χ3v) is 4.37. The minimum absolute atomic E-state index is 0. The highest BCUT2D eigenvalue weighted by molar-refractivity contribution is 5.92. The molecule has 1 spiro atoms. The van der Waals surface area contributed by atoms with E-state index in [9.17, 15) is 4.79 Å². The highest BCUT2D eigenvalue weighted by Gasteiger charge is 2.38. The number of nitrogens with zero attached hydrogens (tertiary/aromatic N) is 3. The van der Waals surface area contributed by atoms with Gasteiger partial charge in [0.25, 0.3) is 5.91 Å². The van der Waals surface area contributed by atoms with Crippen molar-refractivity contribution in [2.75, 3.05) is 26.2 Å². The fourth-order valence-corrected chi connectivity index (χ4v) is 3.09. The summed E-state index contributed by atoms with van der Waals surface area (Å²) in [7, 11) is 1.89. The van der Waals surface area contributed by atoms with Crippen molar-refractivity contribution < 1.29 is 4.79 Å². The van der Waals surface area contributed by atoms with Crippen molar-refractivity contribution in [1.82, 2.24) is 19.8 Å². The average molecular weight is 285 g/mol. The molecule has 2 saturated heterocycles. The van der Waals surface area contributed by atoms with E-state index in [1.165, 1.54) is 6.42 Å². The molecule has 2 aliphatic heterocycles. The molecule has 2 aliphatic rings. The van der Waals surface area contributed by atoms with Crippen molar-refractivity contribution in [2.24, 2.45) is 12.5 Å². The lowest BCUT2D eigenvalue weighted by molar-refractivity contribution is 0.0602. The number of imidazole rings is 1. The molecule has 0 radical (unpaired) electrons. The Morgan fingerprint density at radius 3 is 2.63 bits per heavy atom. The van der Waals surface area contributed by atoms with E-state index in [0.717, 1.165) is 39.0 Å². The minimum Gasteiger partial charge on any atom is -0.340 e. The first-order valence-electron chi connectivity index (χ1n) is 6.67. The van der Waals surface area contributed by atoms with Gasteiger partial charge in [0.15, 0.2) is 0 Å². The molecule has 3 heterocycles. The molecule has 1 N–H and O–H groups in total. The van der Waals surface area contributed by atoms with Gasteiger partial charge in [-0.25, -0.2) is 4.98 Å². The van der Waals surface area contributed by atoms with E-state index in [2.05, 4.69) is 10.3 Å². The van der Waals surface area contributed by atoms with Gasteiger partial charge in [0.05, 0.1) is 6.33 Å². The minimum atomic E-state index is 0. The van der Waals surface area contributed by atoms with Crippen molar-refractivity contribution in [1.29, 1.82) is 0 Å². The van der Waals surface area contributed by atoms with Gasteiger partial charge in [-0.3, -0.25) is 4.79 Å². The Bertz CT molecular complexity index is 443. The summed E-state index contributed by atoms with van der Waals surface area (Å²) < 4.78 is 1.82. The predicted octanol–water partition coefficient (Wildman–Crippen LogP) is 1.06. The third-order valence-electron chi connectivity index (χ3n) is 4.37. The van der Waals surface area contributed by atoms with E-state index in [-0.39, 0.29) is 18.3 Å². The third kappa shape index (κ3) is 2.77. The number of hydrogen-bond donors (Lipinski definition) is 1. The number of rotatable bonds is 1. The van der Waals surface area contributed by atoms with Crippen molar-refractivity contribution in [3.05, 3.63) is 18.2 Å². The van der Waals surface area contributed by atoms with Gasteiger partial charge in [0.2, 0.25) is 0 Å². The molecular formula is C13H21ClN4O. The van der Waals surface area contributed by atoms with Crippen LogP contribution in [0.3, 0.4) is 0 Å². The largest absolute Gasteiger partial charge is 0.340 e. The molecule has 1 aromatic rings. The molecule has 0 saturated carbocycles. The summed E-state index contributed by atoms with van der Waals surface area (Å²) in [6.07, 6.45) is 6.99. The number of hydrogen-bond acceptors (Lipinski definition) is 3. The first-order chi connectivity index (χ1) is 8.69. The Kier molecular flexibility index (Phi) is 4.16. The van der Waals surface area contributed by atoms with Crippen LogP contribution in [0.15, 0.2) is 12.5 Å². The summed E-state index contributed by atoms with van der Waals surface area (Å²) >= 11 is 0. The second-order valence-corrected chi connectivity index (χ2v) is 5.64. The van der Waals surface area contributed by atoms with Gasteiger partial charge in [0.1, 0.15) is 5.69 Å². The highest BCUT2D eigenvalue weighted by atomic mass is 35.5. The summed E-state index contributed by atoms with van der Waals surface area (Å²) in [5.41, 5.74) is 1.03. The SMILES string of the molecule is Cl.Cn1cnc(C(=O)N2CCC3(CCNC3)CC2)c1. The Hall–Kier alpha value is -1.07. The maximum Gasteiger partial charge on any atom is 0.274 e. The molecule has 0 unspecified atom stereocenters. The Morgan fingerprint density at radius 2 is 2.11 bits per heavy atom. The van der Waals surface area contributed by atoms with Gasteiger partial charge in [-0.2, -0.15) is 0 Å². The van der Waals surface area contributed by atoms with Crippen LogP contribution >= 0.6 is 12.4 Å². The number of amides is 1. The van der Waals surface area contributed by atoms with Crippen LogP contribution in [0, 0.1) is 5.41 Å². The lowest BCUT2D eigenvalue weighted by Crippen LogP contribution is -2.44. The molecule has 0 aliphatic carbocycles. The number of carbonyl (C=O) groups excluding carboxylic acids is 1. The number of halogens is 1. The second-order valence-electron chi connectivity index (χ2n) is 5.64. The molecule has 5 nitrogen and oxygen atoms in total. The molecule has 0 bridgehead atoms.